The first-order valence-corrected chi connectivity index (χ1v) is 7.92. The summed E-state index contributed by atoms with van der Waals surface area (Å²) in [5, 5.41) is 3.86. The van der Waals surface area contributed by atoms with Gasteiger partial charge >= 0.3 is 6.36 Å². The monoisotopic (exact) mass is 382 g/mol. The van der Waals surface area contributed by atoms with Crippen molar-refractivity contribution in [2.75, 3.05) is 17.6 Å². The predicted molar refractivity (Wildman–Crippen MR) is 83.0 cm³/mol. The van der Waals surface area contributed by atoms with Crippen LogP contribution in [0.5, 0.6) is 5.75 Å². The lowest BCUT2D eigenvalue weighted by molar-refractivity contribution is -0.274. The number of hydrogen-bond acceptors (Lipinski definition) is 4. The van der Waals surface area contributed by atoms with Crippen LogP contribution in [0.4, 0.5) is 18.9 Å². The van der Waals surface area contributed by atoms with Gasteiger partial charge in [-0.05, 0) is 39.5 Å². The molecule has 1 N–H and O–H groups in total. The standard InChI is InChI=1S/C13H14BrF3N2OS/c1-12(2)6-18-11(21-7-12)19-8-3-4-10(9(14)5-8)20-13(15,16)17/h3-5H,6-7H2,1-2H3,(H,18,19). The molecule has 3 nitrogen and oxygen atoms in total. The van der Waals surface area contributed by atoms with E-state index in [-0.39, 0.29) is 15.6 Å². The van der Waals surface area contributed by atoms with Gasteiger partial charge in [-0.1, -0.05) is 25.6 Å². The summed E-state index contributed by atoms with van der Waals surface area (Å²) in [5.74, 6) is 0.669. The molecule has 21 heavy (non-hydrogen) atoms. The van der Waals surface area contributed by atoms with Gasteiger partial charge in [-0.3, -0.25) is 4.99 Å². The summed E-state index contributed by atoms with van der Waals surface area (Å²) in [4.78, 5) is 4.43. The van der Waals surface area contributed by atoms with Gasteiger partial charge in [-0.15, -0.1) is 13.2 Å². The topological polar surface area (TPSA) is 33.6 Å². The molecule has 1 aliphatic heterocycles. The van der Waals surface area contributed by atoms with Crippen molar-refractivity contribution in [1.29, 1.82) is 0 Å². The predicted octanol–water partition coefficient (Wildman–Crippen LogP) is 4.89. The molecule has 1 heterocycles. The lowest BCUT2D eigenvalue weighted by atomic mass is 9.97. The van der Waals surface area contributed by atoms with Crippen LogP contribution < -0.4 is 10.1 Å². The molecule has 2 rings (SSSR count). The van der Waals surface area contributed by atoms with Crippen LogP contribution in [0.3, 0.4) is 0 Å². The first-order valence-electron chi connectivity index (χ1n) is 6.14. The molecule has 0 bridgehead atoms. The van der Waals surface area contributed by atoms with Gasteiger partial charge in [0, 0.05) is 18.0 Å². The summed E-state index contributed by atoms with van der Waals surface area (Å²) in [5.41, 5.74) is 0.822. The van der Waals surface area contributed by atoms with Gasteiger partial charge in [-0.25, -0.2) is 0 Å². The maximum Gasteiger partial charge on any atom is 0.573 e. The Morgan fingerprint density at radius 3 is 2.62 bits per heavy atom. The molecule has 0 fully saturated rings. The molecule has 1 aromatic carbocycles. The Hall–Kier alpha value is -0.890. The Kier molecular flexibility index (Phi) is 4.77. The highest BCUT2D eigenvalue weighted by Crippen LogP contribution is 2.33. The lowest BCUT2D eigenvalue weighted by Crippen LogP contribution is -2.27. The van der Waals surface area contributed by atoms with Crippen molar-refractivity contribution in [2.45, 2.75) is 20.2 Å². The zero-order valence-electron chi connectivity index (χ0n) is 11.4. The smallest absolute Gasteiger partial charge is 0.405 e. The maximum absolute atomic E-state index is 12.2. The number of ether oxygens (including phenoxy) is 1. The number of halogens is 4. The van der Waals surface area contributed by atoms with Gasteiger partial charge in [-0.2, -0.15) is 0 Å². The minimum absolute atomic E-state index is 0.167. The van der Waals surface area contributed by atoms with Crippen LogP contribution in [0, 0.1) is 5.41 Å². The molecule has 0 atom stereocenters. The van der Waals surface area contributed by atoms with Crippen molar-refractivity contribution in [3.05, 3.63) is 22.7 Å². The minimum Gasteiger partial charge on any atom is -0.405 e. The van der Waals surface area contributed by atoms with Crippen LogP contribution in [-0.4, -0.2) is 23.8 Å². The summed E-state index contributed by atoms with van der Waals surface area (Å²) in [6, 6.07) is 4.32. The van der Waals surface area contributed by atoms with Crippen molar-refractivity contribution in [3.8, 4) is 5.75 Å². The first kappa shape index (κ1) is 16.5. The lowest BCUT2D eigenvalue weighted by Gasteiger charge is -2.27. The Balaban J connectivity index is 2.06. The van der Waals surface area contributed by atoms with Crippen molar-refractivity contribution in [3.63, 3.8) is 0 Å². The molecule has 0 spiro atoms. The van der Waals surface area contributed by atoms with E-state index in [1.54, 1.807) is 11.8 Å². The fraction of sp³-hybridized carbons (Fsp3) is 0.462. The van der Waals surface area contributed by atoms with Gasteiger partial charge in [0.05, 0.1) is 4.47 Å². The highest BCUT2D eigenvalue weighted by Gasteiger charge is 2.32. The van der Waals surface area contributed by atoms with Crippen molar-refractivity contribution in [2.24, 2.45) is 10.4 Å². The van der Waals surface area contributed by atoms with Gasteiger partial charge in [0.1, 0.15) is 5.75 Å². The highest BCUT2D eigenvalue weighted by molar-refractivity contribution is 9.10. The largest absolute Gasteiger partial charge is 0.573 e. The Labute approximate surface area is 133 Å². The fourth-order valence-corrected chi connectivity index (χ4v) is 3.05. The molecular formula is C13H14BrF3N2OS. The number of benzene rings is 1. The third-order valence-electron chi connectivity index (χ3n) is 2.66. The van der Waals surface area contributed by atoms with E-state index < -0.39 is 6.36 Å². The zero-order chi connectivity index (χ0) is 15.7. The van der Waals surface area contributed by atoms with Crippen LogP contribution in [0.2, 0.25) is 0 Å². The SMILES string of the molecule is CC1(C)CN=C(Nc2ccc(OC(F)(F)F)c(Br)c2)SC1. The normalized spacial score (nSPS) is 18.1. The summed E-state index contributed by atoms with van der Waals surface area (Å²) in [7, 11) is 0. The molecule has 116 valence electrons. The maximum atomic E-state index is 12.2. The Bertz CT molecular complexity index is 561. The molecule has 0 saturated heterocycles. The van der Waals surface area contributed by atoms with E-state index in [2.05, 4.69) is 44.8 Å². The first-order chi connectivity index (χ1) is 9.65. The van der Waals surface area contributed by atoms with Gasteiger partial charge in [0.15, 0.2) is 5.17 Å². The number of hydrogen-bond donors (Lipinski definition) is 1. The quantitative estimate of drug-likeness (QED) is 0.790. The second-order valence-electron chi connectivity index (χ2n) is 5.39. The molecular weight excluding hydrogens is 369 g/mol. The third kappa shape index (κ3) is 5.10. The van der Waals surface area contributed by atoms with E-state index in [9.17, 15) is 13.2 Å². The number of rotatable bonds is 2. The van der Waals surface area contributed by atoms with E-state index >= 15 is 0 Å². The number of alkyl halides is 3. The zero-order valence-corrected chi connectivity index (χ0v) is 13.8. The molecule has 0 unspecified atom stereocenters. The number of thioether (sulfide) groups is 1. The van der Waals surface area contributed by atoms with Gasteiger partial charge in [0.2, 0.25) is 0 Å². The van der Waals surface area contributed by atoms with Crippen LogP contribution in [-0.2, 0) is 0 Å². The molecule has 1 aliphatic rings. The Morgan fingerprint density at radius 2 is 2.10 bits per heavy atom. The summed E-state index contributed by atoms with van der Waals surface area (Å²) in [6.45, 7) is 5.00. The van der Waals surface area contributed by atoms with Gasteiger partial charge < -0.3 is 10.1 Å². The van der Waals surface area contributed by atoms with E-state index in [1.807, 2.05) is 0 Å². The third-order valence-corrected chi connectivity index (χ3v) is 4.71. The number of nitrogens with zero attached hydrogens (tertiary/aromatic N) is 1. The van der Waals surface area contributed by atoms with Crippen LogP contribution in [0.15, 0.2) is 27.7 Å². The second kappa shape index (κ2) is 6.08. The summed E-state index contributed by atoms with van der Waals surface area (Å²) in [6.07, 6.45) is -4.70. The summed E-state index contributed by atoms with van der Waals surface area (Å²) < 4.78 is 40.7. The number of aliphatic imine (C=N–C) groups is 1. The minimum atomic E-state index is -4.70. The van der Waals surface area contributed by atoms with Crippen LogP contribution in [0.1, 0.15) is 13.8 Å². The Morgan fingerprint density at radius 1 is 1.38 bits per heavy atom. The number of amidine groups is 1. The second-order valence-corrected chi connectivity index (χ2v) is 7.21. The average molecular weight is 383 g/mol. The molecule has 0 saturated carbocycles. The fourth-order valence-electron chi connectivity index (χ4n) is 1.63. The van der Waals surface area contributed by atoms with Crippen molar-refractivity contribution in [1.82, 2.24) is 0 Å². The number of anilines is 1. The van der Waals surface area contributed by atoms with E-state index in [0.29, 0.717) is 5.69 Å². The average Bonchev–Trinajstić information content (AvgIpc) is 2.34. The van der Waals surface area contributed by atoms with Gasteiger partial charge in [0.25, 0.3) is 0 Å². The highest BCUT2D eigenvalue weighted by atomic mass is 79.9. The molecule has 0 aromatic heterocycles. The van der Waals surface area contributed by atoms with E-state index in [1.165, 1.54) is 18.2 Å². The number of nitrogens with one attached hydrogen (secondary N) is 1. The van der Waals surface area contributed by atoms with Crippen molar-refractivity contribution >= 4 is 38.5 Å². The van der Waals surface area contributed by atoms with E-state index in [4.69, 9.17) is 0 Å². The molecule has 8 heteroatoms. The molecule has 0 amide bonds. The van der Waals surface area contributed by atoms with Crippen LogP contribution in [0.25, 0.3) is 0 Å². The molecule has 0 aliphatic carbocycles. The summed E-state index contributed by atoms with van der Waals surface area (Å²) >= 11 is 4.67. The van der Waals surface area contributed by atoms with Crippen LogP contribution >= 0.6 is 27.7 Å². The van der Waals surface area contributed by atoms with E-state index in [0.717, 1.165) is 17.5 Å². The van der Waals surface area contributed by atoms with Crippen molar-refractivity contribution < 1.29 is 17.9 Å². The molecule has 0 radical (unpaired) electrons. The molecule has 1 aromatic rings.